The number of hydrogen-bond acceptors (Lipinski definition) is 5. The zero-order valence-electron chi connectivity index (χ0n) is 17.6. The van der Waals surface area contributed by atoms with Crippen molar-refractivity contribution in [2.75, 3.05) is 18.6 Å². The molecule has 5 aliphatic rings. The first-order valence-corrected chi connectivity index (χ1v) is 11.0. The van der Waals surface area contributed by atoms with Crippen molar-refractivity contribution in [3.8, 4) is 11.5 Å². The van der Waals surface area contributed by atoms with Gasteiger partial charge in [0.05, 0.1) is 24.6 Å². The fourth-order valence-corrected chi connectivity index (χ4v) is 5.93. The Morgan fingerprint density at radius 3 is 2.22 bits per heavy atom. The molecule has 0 spiro atoms. The molecule has 0 aromatic heterocycles. The van der Waals surface area contributed by atoms with Crippen LogP contribution >= 0.6 is 0 Å². The molecule has 2 aromatic carbocycles. The molecule has 2 bridgehead atoms. The van der Waals surface area contributed by atoms with Gasteiger partial charge in [-0.2, -0.15) is 0 Å². The number of allylic oxidation sites excluding steroid dienone is 2. The van der Waals surface area contributed by atoms with E-state index in [1.807, 2.05) is 0 Å². The highest BCUT2D eigenvalue weighted by molar-refractivity contribution is 6.22. The number of carbonyl (C=O) groups is 3. The fourth-order valence-electron chi connectivity index (χ4n) is 5.93. The van der Waals surface area contributed by atoms with E-state index in [1.165, 1.54) is 4.90 Å². The Kier molecular flexibility index (Phi) is 4.25. The first-order valence-electron chi connectivity index (χ1n) is 11.0. The largest absolute Gasteiger partial charge is 0.497 e. The van der Waals surface area contributed by atoms with Crippen LogP contribution in [-0.4, -0.2) is 31.3 Å². The van der Waals surface area contributed by atoms with Crippen molar-refractivity contribution in [1.82, 2.24) is 0 Å². The second-order valence-corrected chi connectivity index (χ2v) is 9.10. The van der Waals surface area contributed by atoms with Crippen molar-refractivity contribution in [2.45, 2.75) is 6.42 Å². The Hall–Kier alpha value is -3.41. The summed E-state index contributed by atoms with van der Waals surface area (Å²) in [6, 6.07) is 13.7. The predicted octanol–water partition coefficient (Wildman–Crippen LogP) is 3.51. The van der Waals surface area contributed by atoms with Crippen molar-refractivity contribution in [3.63, 3.8) is 0 Å². The van der Waals surface area contributed by atoms with Crippen LogP contribution in [0.25, 0.3) is 0 Å². The maximum Gasteiger partial charge on any atom is 0.238 e. The minimum absolute atomic E-state index is 0.0772. The normalized spacial score (nSPS) is 31.3. The van der Waals surface area contributed by atoms with Gasteiger partial charge in [-0.15, -0.1) is 0 Å². The summed E-state index contributed by atoms with van der Waals surface area (Å²) in [6.07, 6.45) is 5.49. The highest BCUT2D eigenvalue weighted by atomic mass is 16.5. The molecule has 1 saturated heterocycles. The van der Waals surface area contributed by atoms with E-state index in [-0.39, 0.29) is 47.9 Å². The molecule has 6 atom stereocenters. The monoisotopic (exact) mass is 429 g/mol. The molecule has 1 aliphatic heterocycles. The molecule has 0 unspecified atom stereocenters. The molecule has 6 nitrogen and oxygen atoms in total. The molecule has 32 heavy (non-hydrogen) atoms. The third-order valence-corrected chi connectivity index (χ3v) is 7.52. The molecular weight excluding hydrogens is 406 g/mol. The standard InChI is InChI=1S/C26H23NO5/c1-31-17-4-2-3-14(11-17)22(28)13-32-16-7-5-15(6-8-16)27-25(29)23-18-9-10-19(21-12-20(18)21)24(23)26(27)30/h2-11,18-21,23-24H,12-13H2,1H3/t18-,19-,20-,21-,23+,24+/m1/s1. The molecule has 162 valence electrons. The second kappa shape index (κ2) is 7.05. The van der Waals surface area contributed by atoms with E-state index in [4.69, 9.17) is 9.47 Å². The van der Waals surface area contributed by atoms with Gasteiger partial charge in [0.25, 0.3) is 0 Å². The van der Waals surface area contributed by atoms with Crippen molar-refractivity contribution < 1.29 is 23.9 Å². The third-order valence-electron chi connectivity index (χ3n) is 7.52. The van der Waals surface area contributed by atoms with E-state index in [0.29, 0.717) is 34.6 Å². The van der Waals surface area contributed by atoms with E-state index in [1.54, 1.807) is 55.6 Å². The van der Waals surface area contributed by atoms with Crippen LogP contribution < -0.4 is 14.4 Å². The van der Waals surface area contributed by atoms with Gasteiger partial charge in [0.15, 0.2) is 12.4 Å². The Balaban J connectivity index is 1.15. The molecule has 6 heteroatoms. The van der Waals surface area contributed by atoms with E-state index in [2.05, 4.69) is 12.2 Å². The van der Waals surface area contributed by atoms with Gasteiger partial charge in [0.1, 0.15) is 11.5 Å². The molecule has 0 N–H and O–H groups in total. The van der Waals surface area contributed by atoms with Crippen LogP contribution in [0.15, 0.2) is 60.7 Å². The third kappa shape index (κ3) is 2.82. The number of methoxy groups -OCH3 is 1. The van der Waals surface area contributed by atoms with Gasteiger partial charge in [-0.25, -0.2) is 0 Å². The van der Waals surface area contributed by atoms with Crippen molar-refractivity contribution >= 4 is 23.3 Å². The highest BCUT2D eigenvalue weighted by Gasteiger charge is 2.67. The molecule has 7 rings (SSSR count). The van der Waals surface area contributed by atoms with E-state index in [0.717, 1.165) is 6.42 Å². The molecule has 2 saturated carbocycles. The van der Waals surface area contributed by atoms with Gasteiger partial charge < -0.3 is 9.47 Å². The molecule has 2 amide bonds. The fraction of sp³-hybridized carbons (Fsp3) is 0.346. The van der Waals surface area contributed by atoms with E-state index >= 15 is 0 Å². The Morgan fingerprint density at radius 2 is 1.59 bits per heavy atom. The SMILES string of the molecule is COc1cccc(C(=O)COc2ccc(N3C(=O)[C@H]4[C@@H]5C=C[C@H]([C@H]6C[C@H]56)[C@@H]4C3=O)cc2)c1. The molecule has 4 aliphatic carbocycles. The average Bonchev–Trinajstić information content (AvgIpc) is 3.61. The number of carbonyl (C=O) groups excluding carboxylic acids is 3. The van der Waals surface area contributed by atoms with Crippen LogP contribution in [0, 0.1) is 35.5 Å². The van der Waals surface area contributed by atoms with Crippen LogP contribution in [-0.2, 0) is 9.59 Å². The predicted molar refractivity (Wildman–Crippen MR) is 116 cm³/mol. The van der Waals surface area contributed by atoms with Crippen molar-refractivity contribution in [2.24, 2.45) is 35.5 Å². The lowest BCUT2D eigenvalue weighted by Crippen LogP contribution is -2.40. The maximum absolute atomic E-state index is 13.2. The minimum Gasteiger partial charge on any atom is -0.497 e. The summed E-state index contributed by atoms with van der Waals surface area (Å²) < 4.78 is 10.8. The molecule has 0 radical (unpaired) electrons. The number of imide groups is 1. The lowest BCUT2D eigenvalue weighted by atomic mass is 9.63. The number of nitrogens with zero attached hydrogens (tertiary/aromatic N) is 1. The molecule has 3 fully saturated rings. The summed E-state index contributed by atoms with van der Waals surface area (Å²) in [7, 11) is 1.55. The Labute approximate surface area is 185 Å². The summed E-state index contributed by atoms with van der Waals surface area (Å²) in [5.41, 5.74) is 1.08. The van der Waals surface area contributed by atoms with E-state index < -0.39 is 0 Å². The molecule has 2 aromatic rings. The number of rotatable bonds is 6. The number of anilines is 1. The van der Waals surface area contributed by atoms with E-state index in [9.17, 15) is 14.4 Å². The zero-order valence-corrected chi connectivity index (χ0v) is 17.6. The van der Waals surface area contributed by atoms with Crippen LogP contribution in [0.3, 0.4) is 0 Å². The van der Waals surface area contributed by atoms with Crippen molar-refractivity contribution in [3.05, 3.63) is 66.2 Å². The topological polar surface area (TPSA) is 72.9 Å². The first-order chi connectivity index (χ1) is 15.6. The Morgan fingerprint density at radius 1 is 0.938 bits per heavy atom. The zero-order chi connectivity index (χ0) is 22.0. The summed E-state index contributed by atoms with van der Waals surface area (Å²) in [4.78, 5) is 40.2. The number of ether oxygens (including phenoxy) is 2. The average molecular weight is 429 g/mol. The van der Waals surface area contributed by atoms with Crippen molar-refractivity contribution in [1.29, 1.82) is 0 Å². The van der Waals surface area contributed by atoms with Gasteiger partial charge in [-0.1, -0.05) is 24.3 Å². The highest BCUT2D eigenvalue weighted by Crippen LogP contribution is 2.65. The quantitative estimate of drug-likeness (QED) is 0.399. The number of hydrogen-bond donors (Lipinski definition) is 0. The lowest BCUT2D eigenvalue weighted by molar-refractivity contribution is -0.124. The maximum atomic E-state index is 13.2. The summed E-state index contributed by atoms with van der Waals surface area (Å²) in [5, 5.41) is 0. The van der Waals surface area contributed by atoms with Crippen LogP contribution in [0.5, 0.6) is 11.5 Å². The lowest BCUT2D eigenvalue weighted by Gasteiger charge is -2.37. The van der Waals surface area contributed by atoms with Crippen LogP contribution in [0.2, 0.25) is 0 Å². The summed E-state index contributed by atoms with van der Waals surface area (Å²) in [5.74, 6) is 1.97. The van der Waals surface area contributed by atoms with Gasteiger partial charge >= 0.3 is 0 Å². The second-order valence-electron chi connectivity index (χ2n) is 9.10. The van der Waals surface area contributed by atoms with Gasteiger partial charge in [0, 0.05) is 5.56 Å². The Bertz CT molecular complexity index is 1120. The van der Waals surface area contributed by atoms with Crippen LogP contribution in [0.4, 0.5) is 5.69 Å². The molecule has 1 heterocycles. The van der Waals surface area contributed by atoms with Gasteiger partial charge in [-0.05, 0) is 66.5 Å². The summed E-state index contributed by atoms with van der Waals surface area (Å²) >= 11 is 0. The van der Waals surface area contributed by atoms with Gasteiger partial charge in [-0.3, -0.25) is 19.3 Å². The smallest absolute Gasteiger partial charge is 0.238 e. The first kappa shape index (κ1) is 19.3. The molecular formula is C26H23NO5. The number of amides is 2. The number of Topliss-reactive ketones (excluding diaryl/α,β-unsaturated/α-hetero) is 1. The number of ketones is 1. The summed E-state index contributed by atoms with van der Waals surface area (Å²) in [6.45, 7) is -0.115. The minimum atomic E-state index is -0.210. The van der Waals surface area contributed by atoms with Gasteiger partial charge in [0.2, 0.25) is 11.8 Å². The van der Waals surface area contributed by atoms with Crippen LogP contribution in [0.1, 0.15) is 16.8 Å². The number of benzene rings is 2.